The summed E-state index contributed by atoms with van der Waals surface area (Å²) in [7, 11) is 0. The van der Waals surface area contributed by atoms with Crippen LogP contribution in [-0.4, -0.2) is 11.9 Å². The Morgan fingerprint density at radius 1 is 1.44 bits per heavy atom. The quantitative estimate of drug-likeness (QED) is 0.817. The van der Waals surface area contributed by atoms with Crippen molar-refractivity contribution in [3.05, 3.63) is 30.1 Å². The van der Waals surface area contributed by atoms with Crippen LogP contribution >= 0.6 is 0 Å². The first kappa shape index (κ1) is 10.9. The number of anilines is 1. The van der Waals surface area contributed by atoms with Crippen LogP contribution in [-0.2, 0) is 4.79 Å². The number of nitrogens with one attached hydrogen (secondary N) is 1. The minimum Gasteiger partial charge on any atom is -0.371 e. The summed E-state index contributed by atoms with van der Waals surface area (Å²) in [4.78, 5) is 11.3. The Kier molecular flexibility index (Phi) is 3.08. The Morgan fingerprint density at radius 2 is 2.12 bits per heavy atom. The fourth-order valence-electron chi connectivity index (χ4n) is 1.94. The largest absolute Gasteiger partial charge is 0.371 e. The van der Waals surface area contributed by atoms with E-state index in [4.69, 9.17) is 5.73 Å². The standard InChI is InChI=1S/C12H15FN2O/c13-9-6-1-2-7-10(9)15-11(12(14)16)8-4-3-5-8/h1-2,6-8,11,15H,3-5H2,(H2,14,16). The molecular formula is C12H15FN2O. The first-order valence-electron chi connectivity index (χ1n) is 5.49. The summed E-state index contributed by atoms with van der Waals surface area (Å²) in [5.74, 6) is -0.516. The van der Waals surface area contributed by atoms with Crippen molar-refractivity contribution in [1.29, 1.82) is 0 Å². The van der Waals surface area contributed by atoms with Crippen LogP contribution in [0.5, 0.6) is 0 Å². The van der Waals surface area contributed by atoms with Gasteiger partial charge in [0, 0.05) is 0 Å². The highest BCUT2D eigenvalue weighted by molar-refractivity contribution is 5.83. The van der Waals surface area contributed by atoms with Gasteiger partial charge in [0.1, 0.15) is 11.9 Å². The minimum absolute atomic E-state index is 0.247. The highest BCUT2D eigenvalue weighted by Gasteiger charge is 2.31. The van der Waals surface area contributed by atoms with Crippen LogP contribution in [0.1, 0.15) is 19.3 Å². The van der Waals surface area contributed by atoms with Crippen LogP contribution in [0.25, 0.3) is 0 Å². The zero-order valence-electron chi connectivity index (χ0n) is 8.95. The molecule has 16 heavy (non-hydrogen) atoms. The summed E-state index contributed by atoms with van der Waals surface area (Å²) in [6.07, 6.45) is 3.08. The molecule has 1 aliphatic carbocycles. The fourth-order valence-corrected chi connectivity index (χ4v) is 1.94. The maximum Gasteiger partial charge on any atom is 0.240 e. The molecule has 1 aromatic rings. The number of hydrogen-bond donors (Lipinski definition) is 2. The Hall–Kier alpha value is -1.58. The zero-order chi connectivity index (χ0) is 11.5. The smallest absolute Gasteiger partial charge is 0.240 e. The summed E-state index contributed by atoms with van der Waals surface area (Å²) in [6.45, 7) is 0. The number of hydrogen-bond acceptors (Lipinski definition) is 2. The van der Waals surface area contributed by atoms with Gasteiger partial charge in [-0.15, -0.1) is 0 Å². The number of amides is 1. The Balaban J connectivity index is 2.11. The molecule has 0 saturated heterocycles. The lowest BCUT2D eigenvalue weighted by molar-refractivity contribution is -0.120. The van der Waals surface area contributed by atoms with E-state index in [0.29, 0.717) is 5.69 Å². The minimum atomic E-state index is -0.453. The lowest BCUT2D eigenvalue weighted by Gasteiger charge is -2.32. The van der Waals surface area contributed by atoms with Crippen LogP contribution in [0, 0.1) is 11.7 Å². The molecule has 1 atom stereocenters. The van der Waals surface area contributed by atoms with E-state index in [0.717, 1.165) is 19.3 Å². The van der Waals surface area contributed by atoms with Gasteiger partial charge in [0.2, 0.25) is 5.91 Å². The van der Waals surface area contributed by atoms with E-state index in [1.54, 1.807) is 18.2 Å². The van der Waals surface area contributed by atoms with Gasteiger partial charge in [-0.05, 0) is 30.9 Å². The molecule has 4 heteroatoms. The van der Waals surface area contributed by atoms with Gasteiger partial charge in [-0.2, -0.15) is 0 Å². The van der Waals surface area contributed by atoms with Crippen molar-refractivity contribution in [3.8, 4) is 0 Å². The Morgan fingerprint density at radius 3 is 2.62 bits per heavy atom. The molecule has 1 aromatic carbocycles. The summed E-state index contributed by atoms with van der Waals surface area (Å²) in [5.41, 5.74) is 5.67. The average Bonchev–Trinajstić information content (AvgIpc) is 2.17. The van der Waals surface area contributed by atoms with Crippen LogP contribution in [0.2, 0.25) is 0 Å². The van der Waals surface area contributed by atoms with Crippen LogP contribution in [0.15, 0.2) is 24.3 Å². The third-order valence-electron chi connectivity index (χ3n) is 3.11. The third-order valence-corrected chi connectivity index (χ3v) is 3.11. The highest BCUT2D eigenvalue weighted by atomic mass is 19.1. The number of benzene rings is 1. The Labute approximate surface area is 93.8 Å². The monoisotopic (exact) mass is 222 g/mol. The first-order valence-corrected chi connectivity index (χ1v) is 5.49. The van der Waals surface area contributed by atoms with Gasteiger partial charge >= 0.3 is 0 Å². The molecule has 1 fully saturated rings. The zero-order valence-corrected chi connectivity index (χ0v) is 8.95. The normalized spacial score (nSPS) is 17.6. The van der Waals surface area contributed by atoms with Crippen LogP contribution in [0.3, 0.4) is 0 Å². The molecule has 1 aliphatic rings. The molecular weight excluding hydrogens is 207 g/mol. The predicted molar refractivity (Wildman–Crippen MR) is 60.3 cm³/mol. The van der Waals surface area contributed by atoms with E-state index in [1.165, 1.54) is 6.07 Å². The fraction of sp³-hybridized carbons (Fsp3) is 0.417. The SMILES string of the molecule is NC(=O)C(Nc1ccccc1F)C1CCC1. The summed E-state index contributed by atoms with van der Waals surface area (Å²) in [5, 5.41) is 2.90. The van der Waals surface area contributed by atoms with E-state index in [-0.39, 0.29) is 11.7 Å². The first-order chi connectivity index (χ1) is 7.68. The van der Waals surface area contributed by atoms with E-state index in [2.05, 4.69) is 5.32 Å². The highest BCUT2D eigenvalue weighted by Crippen LogP contribution is 2.31. The van der Waals surface area contributed by atoms with Gasteiger partial charge in [-0.1, -0.05) is 18.6 Å². The van der Waals surface area contributed by atoms with Crippen LogP contribution < -0.4 is 11.1 Å². The maximum absolute atomic E-state index is 13.4. The molecule has 1 amide bonds. The van der Waals surface area contributed by atoms with Gasteiger partial charge in [0.25, 0.3) is 0 Å². The molecule has 1 unspecified atom stereocenters. The number of carbonyl (C=O) groups is 1. The van der Waals surface area contributed by atoms with Crippen molar-refractivity contribution in [2.24, 2.45) is 11.7 Å². The van der Waals surface area contributed by atoms with Gasteiger partial charge < -0.3 is 11.1 Å². The third kappa shape index (κ3) is 2.15. The average molecular weight is 222 g/mol. The summed E-state index contributed by atoms with van der Waals surface area (Å²) >= 11 is 0. The van der Waals surface area contributed by atoms with Crippen molar-refractivity contribution < 1.29 is 9.18 Å². The number of nitrogens with two attached hydrogens (primary N) is 1. The molecule has 3 N–H and O–H groups in total. The number of rotatable bonds is 4. The van der Waals surface area contributed by atoms with E-state index in [9.17, 15) is 9.18 Å². The molecule has 0 heterocycles. The van der Waals surface area contributed by atoms with Crippen molar-refractivity contribution in [2.45, 2.75) is 25.3 Å². The molecule has 2 rings (SSSR count). The van der Waals surface area contributed by atoms with Gasteiger partial charge in [0.05, 0.1) is 5.69 Å². The maximum atomic E-state index is 13.4. The second-order valence-corrected chi connectivity index (χ2v) is 4.20. The van der Waals surface area contributed by atoms with Crippen molar-refractivity contribution in [1.82, 2.24) is 0 Å². The lowest BCUT2D eigenvalue weighted by atomic mass is 9.79. The van der Waals surface area contributed by atoms with Crippen molar-refractivity contribution in [3.63, 3.8) is 0 Å². The van der Waals surface area contributed by atoms with Crippen molar-refractivity contribution >= 4 is 11.6 Å². The predicted octanol–water partition coefficient (Wildman–Crippen LogP) is 1.89. The number of carbonyl (C=O) groups excluding carboxylic acids is 1. The number of para-hydroxylation sites is 1. The number of halogens is 1. The second kappa shape index (κ2) is 4.51. The van der Waals surface area contributed by atoms with Crippen molar-refractivity contribution in [2.75, 3.05) is 5.32 Å². The molecule has 0 radical (unpaired) electrons. The van der Waals surface area contributed by atoms with Gasteiger partial charge in [-0.3, -0.25) is 4.79 Å². The van der Waals surface area contributed by atoms with Gasteiger partial charge in [0.15, 0.2) is 0 Å². The summed E-state index contributed by atoms with van der Waals surface area (Å²) in [6, 6.07) is 5.86. The summed E-state index contributed by atoms with van der Waals surface area (Å²) < 4.78 is 13.4. The molecule has 0 spiro atoms. The number of primary amides is 1. The molecule has 0 bridgehead atoms. The van der Waals surface area contributed by atoms with Gasteiger partial charge in [-0.25, -0.2) is 4.39 Å². The topological polar surface area (TPSA) is 55.1 Å². The van der Waals surface area contributed by atoms with Crippen LogP contribution in [0.4, 0.5) is 10.1 Å². The van der Waals surface area contributed by atoms with E-state index >= 15 is 0 Å². The Bertz CT molecular complexity index is 390. The van der Waals surface area contributed by atoms with E-state index < -0.39 is 11.9 Å². The lowest BCUT2D eigenvalue weighted by Crippen LogP contribution is -2.44. The molecule has 0 aromatic heterocycles. The molecule has 0 aliphatic heterocycles. The molecule has 86 valence electrons. The second-order valence-electron chi connectivity index (χ2n) is 4.20. The molecule has 3 nitrogen and oxygen atoms in total. The molecule has 1 saturated carbocycles. The van der Waals surface area contributed by atoms with E-state index in [1.807, 2.05) is 0 Å².